The average Bonchev–Trinajstić information content (AvgIpc) is 2.47. The summed E-state index contributed by atoms with van der Waals surface area (Å²) in [4.78, 5) is 4.50. The molecule has 2 aromatic carbocycles. The third-order valence-electron chi connectivity index (χ3n) is 2.96. The first-order chi connectivity index (χ1) is 9.36. The van der Waals surface area contributed by atoms with Crippen LogP contribution in [0.15, 0.2) is 60.7 Å². The van der Waals surface area contributed by atoms with Crippen molar-refractivity contribution in [2.24, 2.45) is 5.73 Å². The van der Waals surface area contributed by atoms with Crippen LogP contribution in [0, 0.1) is 0 Å². The van der Waals surface area contributed by atoms with Crippen LogP contribution in [0.4, 0.5) is 0 Å². The number of nitrogens with zero attached hydrogens (tertiary/aromatic N) is 1. The molecule has 19 heavy (non-hydrogen) atoms. The molecule has 0 unspecified atom stereocenters. The van der Waals surface area contributed by atoms with E-state index in [0.717, 1.165) is 22.2 Å². The van der Waals surface area contributed by atoms with Gasteiger partial charge in [-0.05, 0) is 23.8 Å². The van der Waals surface area contributed by atoms with Crippen molar-refractivity contribution < 1.29 is 4.74 Å². The van der Waals surface area contributed by atoms with Crippen LogP contribution in [-0.2, 0) is 6.54 Å². The van der Waals surface area contributed by atoms with E-state index >= 15 is 0 Å². The number of ether oxygens (including phenoxy) is 1. The lowest BCUT2D eigenvalue weighted by atomic mass is 10.1. The van der Waals surface area contributed by atoms with E-state index in [1.54, 1.807) is 0 Å². The van der Waals surface area contributed by atoms with E-state index in [4.69, 9.17) is 10.5 Å². The molecule has 0 aliphatic carbocycles. The lowest BCUT2D eigenvalue weighted by Crippen LogP contribution is -1.99. The zero-order valence-electron chi connectivity index (χ0n) is 10.4. The van der Waals surface area contributed by atoms with Gasteiger partial charge in [0.1, 0.15) is 5.75 Å². The highest BCUT2D eigenvalue weighted by Crippen LogP contribution is 2.25. The number of fused-ring (bicyclic) bond motifs is 1. The Labute approximate surface area is 111 Å². The summed E-state index contributed by atoms with van der Waals surface area (Å²) in [6.07, 6.45) is 0. The van der Waals surface area contributed by atoms with E-state index in [-0.39, 0.29) is 0 Å². The maximum absolute atomic E-state index is 5.79. The Hall–Kier alpha value is -2.39. The van der Waals surface area contributed by atoms with Gasteiger partial charge in [-0.2, -0.15) is 0 Å². The van der Waals surface area contributed by atoms with Gasteiger partial charge in [-0.15, -0.1) is 0 Å². The van der Waals surface area contributed by atoms with Gasteiger partial charge in [0, 0.05) is 18.0 Å². The molecule has 0 radical (unpaired) electrons. The summed E-state index contributed by atoms with van der Waals surface area (Å²) in [5.41, 5.74) is 7.73. The minimum absolute atomic E-state index is 0.466. The van der Waals surface area contributed by atoms with Crippen molar-refractivity contribution in [1.29, 1.82) is 0 Å². The van der Waals surface area contributed by atoms with Crippen LogP contribution in [-0.4, -0.2) is 4.98 Å². The first-order valence-corrected chi connectivity index (χ1v) is 6.18. The summed E-state index contributed by atoms with van der Waals surface area (Å²) in [6, 6.07) is 19.5. The van der Waals surface area contributed by atoms with Crippen LogP contribution in [0.3, 0.4) is 0 Å². The topological polar surface area (TPSA) is 48.1 Å². The minimum Gasteiger partial charge on any atom is -0.439 e. The Morgan fingerprint density at radius 1 is 0.947 bits per heavy atom. The van der Waals surface area contributed by atoms with Gasteiger partial charge in [-0.1, -0.05) is 36.4 Å². The normalized spacial score (nSPS) is 10.6. The molecule has 0 saturated heterocycles. The highest BCUT2D eigenvalue weighted by Gasteiger charge is 2.05. The van der Waals surface area contributed by atoms with Gasteiger partial charge in [-0.25, -0.2) is 4.98 Å². The molecule has 94 valence electrons. The molecule has 0 saturated carbocycles. The van der Waals surface area contributed by atoms with E-state index in [1.807, 2.05) is 60.7 Å². The molecule has 3 heteroatoms. The van der Waals surface area contributed by atoms with Crippen LogP contribution in [0.25, 0.3) is 10.9 Å². The Bertz CT molecular complexity index is 695. The maximum Gasteiger partial charge on any atom is 0.220 e. The maximum atomic E-state index is 5.79. The van der Waals surface area contributed by atoms with Gasteiger partial charge in [0.15, 0.2) is 0 Å². The first-order valence-electron chi connectivity index (χ1n) is 6.18. The molecule has 0 fully saturated rings. The average molecular weight is 250 g/mol. The SMILES string of the molecule is NCc1cc(Oc2ccccc2)nc2ccccc12. The van der Waals surface area contributed by atoms with Crippen molar-refractivity contribution in [1.82, 2.24) is 4.98 Å². The van der Waals surface area contributed by atoms with Gasteiger partial charge >= 0.3 is 0 Å². The molecule has 3 rings (SSSR count). The monoisotopic (exact) mass is 250 g/mol. The molecule has 1 aromatic heterocycles. The smallest absolute Gasteiger partial charge is 0.220 e. The molecular formula is C16H14N2O. The van der Waals surface area contributed by atoms with E-state index in [0.29, 0.717) is 12.4 Å². The van der Waals surface area contributed by atoms with Crippen LogP contribution in [0.1, 0.15) is 5.56 Å². The summed E-state index contributed by atoms with van der Waals surface area (Å²) in [6.45, 7) is 0.466. The fraction of sp³-hybridized carbons (Fsp3) is 0.0625. The largest absolute Gasteiger partial charge is 0.439 e. The van der Waals surface area contributed by atoms with E-state index in [2.05, 4.69) is 4.98 Å². The quantitative estimate of drug-likeness (QED) is 0.774. The molecule has 0 aliphatic heterocycles. The summed E-state index contributed by atoms with van der Waals surface area (Å²) in [5, 5.41) is 1.07. The molecular weight excluding hydrogens is 236 g/mol. The Balaban J connectivity index is 2.05. The molecule has 0 amide bonds. The van der Waals surface area contributed by atoms with Gasteiger partial charge in [0.2, 0.25) is 5.88 Å². The molecule has 0 bridgehead atoms. The lowest BCUT2D eigenvalue weighted by molar-refractivity contribution is 0.464. The fourth-order valence-electron chi connectivity index (χ4n) is 2.05. The van der Waals surface area contributed by atoms with Crippen LogP contribution >= 0.6 is 0 Å². The third-order valence-corrected chi connectivity index (χ3v) is 2.96. The van der Waals surface area contributed by atoms with E-state index in [1.165, 1.54) is 0 Å². The van der Waals surface area contributed by atoms with Crippen molar-refractivity contribution in [3.8, 4) is 11.6 Å². The Morgan fingerprint density at radius 3 is 2.47 bits per heavy atom. The second-order valence-electron chi connectivity index (χ2n) is 4.26. The third kappa shape index (κ3) is 2.41. The second kappa shape index (κ2) is 5.08. The summed E-state index contributed by atoms with van der Waals surface area (Å²) >= 11 is 0. The molecule has 0 spiro atoms. The fourth-order valence-corrected chi connectivity index (χ4v) is 2.05. The zero-order valence-corrected chi connectivity index (χ0v) is 10.4. The number of rotatable bonds is 3. The van der Waals surface area contributed by atoms with Crippen LogP contribution < -0.4 is 10.5 Å². The number of pyridine rings is 1. The number of hydrogen-bond acceptors (Lipinski definition) is 3. The number of nitrogens with two attached hydrogens (primary N) is 1. The van der Waals surface area contributed by atoms with Gasteiger partial charge < -0.3 is 10.5 Å². The van der Waals surface area contributed by atoms with Crippen molar-refractivity contribution in [3.63, 3.8) is 0 Å². The number of aromatic nitrogens is 1. The Kier molecular flexibility index (Phi) is 3.12. The number of hydrogen-bond donors (Lipinski definition) is 1. The van der Waals surface area contributed by atoms with Gasteiger partial charge in [0.05, 0.1) is 5.52 Å². The zero-order chi connectivity index (χ0) is 13.1. The summed E-state index contributed by atoms with van der Waals surface area (Å²) in [7, 11) is 0. The van der Waals surface area contributed by atoms with Crippen molar-refractivity contribution in [2.45, 2.75) is 6.54 Å². The minimum atomic E-state index is 0.466. The second-order valence-corrected chi connectivity index (χ2v) is 4.26. The number of para-hydroxylation sites is 2. The predicted molar refractivity (Wildman–Crippen MR) is 76.2 cm³/mol. The lowest BCUT2D eigenvalue weighted by Gasteiger charge is -2.09. The number of benzene rings is 2. The molecule has 0 atom stereocenters. The standard InChI is InChI=1S/C16H14N2O/c17-11-12-10-16(19-13-6-2-1-3-7-13)18-15-9-5-4-8-14(12)15/h1-10H,11,17H2. The summed E-state index contributed by atoms with van der Waals surface area (Å²) < 4.78 is 5.76. The van der Waals surface area contributed by atoms with E-state index in [9.17, 15) is 0 Å². The molecule has 2 N–H and O–H groups in total. The highest BCUT2D eigenvalue weighted by molar-refractivity contribution is 5.82. The van der Waals surface area contributed by atoms with Crippen molar-refractivity contribution in [3.05, 3.63) is 66.2 Å². The molecule has 3 nitrogen and oxygen atoms in total. The first kappa shape index (κ1) is 11.7. The van der Waals surface area contributed by atoms with Gasteiger partial charge in [0.25, 0.3) is 0 Å². The molecule has 0 aliphatic rings. The van der Waals surface area contributed by atoms with Crippen LogP contribution in [0.2, 0.25) is 0 Å². The molecule has 1 heterocycles. The van der Waals surface area contributed by atoms with Crippen molar-refractivity contribution in [2.75, 3.05) is 0 Å². The highest BCUT2D eigenvalue weighted by atomic mass is 16.5. The van der Waals surface area contributed by atoms with Crippen molar-refractivity contribution >= 4 is 10.9 Å². The van der Waals surface area contributed by atoms with Crippen LogP contribution in [0.5, 0.6) is 11.6 Å². The van der Waals surface area contributed by atoms with E-state index < -0.39 is 0 Å². The van der Waals surface area contributed by atoms with Gasteiger partial charge in [-0.3, -0.25) is 0 Å². The summed E-state index contributed by atoms with van der Waals surface area (Å²) in [5.74, 6) is 1.35. The molecule has 3 aromatic rings. The predicted octanol–water partition coefficient (Wildman–Crippen LogP) is 3.49. The Morgan fingerprint density at radius 2 is 1.68 bits per heavy atom.